The minimum absolute atomic E-state index is 0.114. The van der Waals surface area contributed by atoms with Gasteiger partial charge in [-0.15, -0.1) is 5.10 Å². The van der Waals surface area contributed by atoms with E-state index in [9.17, 15) is 9.59 Å². The smallest absolute Gasteiger partial charge is 0.272 e. The van der Waals surface area contributed by atoms with Crippen LogP contribution < -0.4 is 19.3 Å². The minimum Gasteiger partial charge on any atom is -0.486 e. The van der Waals surface area contributed by atoms with E-state index in [0.717, 1.165) is 0 Å². The lowest BCUT2D eigenvalue weighted by Crippen LogP contribution is -2.35. The summed E-state index contributed by atoms with van der Waals surface area (Å²) in [5, 5.41) is 13.3. The molecule has 130 valence electrons. The molecule has 0 bridgehead atoms. The van der Waals surface area contributed by atoms with E-state index in [1.54, 1.807) is 30.1 Å². The van der Waals surface area contributed by atoms with Gasteiger partial charge in [0.05, 0.1) is 5.92 Å². The Hall–Kier alpha value is -3.17. The quantitative estimate of drug-likeness (QED) is 0.833. The molecule has 10 nitrogen and oxygen atoms in total. The molecule has 1 saturated heterocycles. The first-order valence-corrected chi connectivity index (χ1v) is 7.84. The van der Waals surface area contributed by atoms with Crippen LogP contribution in [0.15, 0.2) is 18.2 Å². The maximum Gasteiger partial charge on any atom is 0.272 e. The molecular weight excluding hydrogens is 328 g/mol. The summed E-state index contributed by atoms with van der Waals surface area (Å²) in [4.78, 5) is 27.9. The van der Waals surface area contributed by atoms with Gasteiger partial charge in [-0.1, -0.05) is 5.10 Å². The minimum atomic E-state index is -0.468. The second-order valence-electron chi connectivity index (χ2n) is 5.84. The molecule has 0 aliphatic carbocycles. The lowest BCUT2D eigenvalue weighted by molar-refractivity contribution is -0.124. The van der Waals surface area contributed by atoms with Gasteiger partial charge in [0.2, 0.25) is 11.8 Å². The molecule has 0 saturated carbocycles. The zero-order valence-corrected chi connectivity index (χ0v) is 13.5. The number of aromatic nitrogens is 4. The number of carbonyl (C=O) groups is 2. The van der Waals surface area contributed by atoms with Crippen molar-refractivity contribution in [3.05, 3.63) is 18.2 Å². The van der Waals surface area contributed by atoms with Gasteiger partial charge in [0, 0.05) is 31.8 Å². The Labute approximate surface area is 142 Å². The number of amides is 2. The summed E-state index contributed by atoms with van der Waals surface area (Å²) in [6.45, 7) is 1.27. The van der Waals surface area contributed by atoms with Gasteiger partial charge in [0.1, 0.15) is 13.2 Å². The number of carbonyl (C=O) groups excluding carboxylic acids is 2. The fraction of sp³-hybridized carbons (Fsp3) is 0.400. The Kier molecular flexibility index (Phi) is 3.71. The largest absolute Gasteiger partial charge is 0.486 e. The lowest BCUT2D eigenvalue weighted by atomic mass is 10.1. The number of anilines is 2. The molecule has 1 unspecified atom stereocenters. The third-order valence-electron chi connectivity index (χ3n) is 4.28. The Morgan fingerprint density at radius 2 is 2.12 bits per heavy atom. The highest BCUT2D eigenvalue weighted by atomic mass is 16.6. The molecule has 0 radical (unpaired) electrons. The van der Waals surface area contributed by atoms with E-state index in [4.69, 9.17) is 9.47 Å². The van der Waals surface area contributed by atoms with E-state index in [1.807, 2.05) is 0 Å². The van der Waals surface area contributed by atoms with Crippen molar-refractivity contribution in [1.29, 1.82) is 0 Å². The monoisotopic (exact) mass is 344 g/mol. The highest BCUT2D eigenvalue weighted by Crippen LogP contribution is 2.36. The predicted octanol–water partition coefficient (Wildman–Crippen LogP) is -0.0132. The van der Waals surface area contributed by atoms with Crippen molar-refractivity contribution >= 4 is 23.5 Å². The molecule has 1 aromatic carbocycles. The molecule has 1 N–H and O–H groups in total. The zero-order chi connectivity index (χ0) is 17.4. The highest BCUT2D eigenvalue weighted by Gasteiger charge is 2.37. The second kappa shape index (κ2) is 6.04. The van der Waals surface area contributed by atoms with E-state index in [0.29, 0.717) is 36.9 Å². The third-order valence-corrected chi connectivity index (χ3v) is 4.28. The maximum absolute atomic E-state index is 12.6. The molecular formula is C15H16N6O4. The van der Waals surface area contributed by atoms with Crippen LogP contribution in [0.5, 0.6) is 11.5 Å². The Morgan fingerprint density at radius 1 is 1.32 bits per heavy atom. The van der Waals surface area contributed by atoms with Crippen LogP contribution in [0.3, 0.4) is 0 Å². The van der Waals surface area contributed by atoms with Crippen LogP contribution in [0, 0.1) is 5.92 Å². The molecule has 1 aromatic heterocycles. The van der Waals surface area contributed by atoms with E-state index >= 15 is 0 Å². The summed E-state index contributed by atoms with van der Waals surface area (Å²) >= 11 is 0. The number of aromatic amines is 1. The van der Waals surface area contributed by atoms with Gasteiger partial charge in [-0.05, 0) is 17.3 Å². The van der Waals surface area contributed by atoms with E-state index in [1.165, 1.54) is 4.90 Å². The van der Waals surface area contributed by atoms with E-state index < -0.39 is 5.92 Å². The number of rotatable bonds is 3. The van der Waals surface area contributed by atoms with Crippen LogP contribution in [-0.2, 0) is 9.59 Å². The van der Waals surface area contributed by atoms with Crippen molar-refractivity contribution < 1.29 is 19.1 Å². The highest BCUT2D eigenvalue weighted by molar-refractivity contribution is 6.03. The first-order valence-electron chi connectivity index (χ1n) is 7.84. The van der Waals surface area contributed by atoms with Gasteiger partial charge < -0.3 is 14.4 Å². The number of nitrogens with zero attached hydrogens (tertiary/aromatic N) is 5. The fourth-order valence-corrected chi connectivity index (χ4v) is 2.99. The fourth-order valence-electron chi connectivity index (χ4n) is 2.99. The maximum atomic E-state index is 12.6. The molecule has 25 heavy (non-hydrogen) atoms. The van der Waals surface area contributed by atoms with Gasteiger partial charge in [0.15, 0.2) is 11.5 Å². The summed E-state index contributed by atoms with van der Waals surface area (Å²) in [5.41, 5.74) is 0.687. The molecule has 1 fully saturated rings. The standard InChI is InChI=1S/C15H16N6O4/c1-20(15-16-18-19-17-15)14(23)9-6-13(22)21(8-9)10-2-3-11-12(7-10)25-5-4-24-11/h2-3,7,9H,4-6,8H2,1H3,(H,16,17,18,19). The summed E-state index contributed by atoms with van der Waals surface area (Å²) in [7, 11) is 1.56. The van der Waals surface area contributed by atoms with Gasteiger partial charge in [-0.3, -0.25) is 14.5 Å². The number of H-pyrrole nitrogens is 1. The summed E-state index contributed by atoms with van der Waals surface area (Å²) in [5.74, 6) is 0.632. The average Bonchev–Trinajstić information content (AvgIpc) is 3.30. The van der Waals surface area contributed by atoms with Crippen molar-refractivity contribution in [3.8, 4) is 11.5 Å². The molecule has 10 heteroatoms. The van der Waals surface area contributed by atoms with E-state index in [2.05, 4.69) is 20.6 Å². The van der Waals surface area contributed by atoms with Crippen molar-refractivity contribution in [2.24, 2.45) is 5.92 Å². The van der Waals surface area contributed by atoms with Crippen LogP contribution in [0.2, 0.25) is 0 Å². The van der Waals surface area contributed by atoms with Crippen LogP contribution in [0.25, 0.3) is 0 Å². The zero-order valence-electron chi connectivity index (χ0n) is 13.5. The number of tetrazole rings is 1. The van der Waals surface area contributed by atoms with Crippen LogP contribution in [0.1, 0.15) is 6.42 Å². The Balaban J connectivity index is 1.51. The number of hydrogen-bond donors (Lipinski definition) is 1. The predicted molar refractivity (Wildman–Crippen MR) is 85.5 cm³/mol. The molecule has 2 aliphatic heterocycles. The number of hydrogen-bond acceptors (Lipinski definition) is 7. The second-order valence-corrected chi connectivity index (χ2v) is 5.84. The third kappa shape index (κ3) is 2.75. The van der Waals surface area contributed by atoms with Crippen molar-refractivity contribution in [1.82, 2.24) is 20.6 Å². The van der Waals surface area contributed by atoms with Crippen LogP contribution in [-0.4, -0.2) is 59.2 Å². The molecule has 4 rings (SSSR count). The Morgan fingerprint density at radius 3 is 2.88 bits per heavy atom. The number of fused-ring (bicyclic) bond motifs is 1. The van der Waals surface area contributed by atoms with Crippen LogP contribution >= 0.6 is 0 Å². The molecule has 2 aromatic rings. The first-order chi connectivity index (χ1) is 12.1. The molecule has 2 aliphatic rings. The summed E-state index contributed by atoms with van der Waals surface area (Å²) in [6, 6.07) is 5.33. The van der Waals surface area contributed by atoms with Gasteiger partial charge in [-0.25, -0.2) is 0 Å². The number of benzene rings is 1. The molecule has 0 spiro atoms. The molecule has 1 atom stereocenters. The summed E-state index contributed by atoms with van der Waals surface area (Å²) < 4.78 is 11.0. The molecule has 3 heterocycles. The van der Waals surface area contributed by atoms with Crippen molar-refractivity contribution in [3.63, 3.8) is 0 Å². The lowest BCUT2D eigenvalue weighted by Gasteiger charge is -2.22. The van der Waals surface area contributed by atoms with Crippen molar-refractivity contribution in [2.45, 2.75) is 6.42 Å². The van der Waals surface area contributed by atoms with Crippen LogP contribution in [0.4, 0.5) is 11.6 Å². The Bertz CT molecular complexity index is 808. The van der Waals surface area contributed by atoms with E-state index in [-0.39, 0.29) is 24.2 Å². The molecule has 2 amide bonds. The SMILES string of the molecule is CN(C(=O)C1CC(=O)N(c2ccc3c(c2)OCCO3)C1)c1nn[nH]n1. The van der Waals surface area contributed by atoms with Gasteiger partial charge in [0.25, 0.3) is 5.95 Å². The van der Waals surface area contributed by atoms with Gasteiger partial charge >= 0.3 is 0 Å². The number of ether oxygens (including phenoxy) is 2. The van der Waals surface area contributed by atoms with Crippen molar-refractivity contribution in [2.75, 3.05) is 36.6 Å². The topological polar surface area (TPSA) is 114 Å². The normalized spacial score (nSPS) is 19.2. The number of nitrogens with one attached hydrogen (secondary N) is 1. The average molecular weight is 344 g/mol. The van der Waals surface area contributed by atoms with Gasteiger partial charge in [-0.2, -0.15) is 5.21 Å². The first kappa shape index (κ1) is 15.4. The summed E-state index contributed by atoms with van der Waals surface area (Å²) in [6.07, 6.45) is 0.134.